The summed E-state index contributed by atoms with van der Waals surface area (Å²) in [6.07, 6.45) is 4.08. The highest BCUT2D eigenvalue weighted by atomic mass is 32.1. The summed E-state index contributed by atoms with van der Waals surface area (Å²) >= 11 is 1.78. The molecule has 1 amide bonds. The van der Waals surface area contributed by atoms with Crippen LogP contribution in [0.25, 0.3) is 0 Å². The Kier molecular flexibility index (Phi) is 5.89. The summed E-state index contributed by atoms with van der Waals surface area (Å²) < 4.78 is 16.3. The standard InChI is InChI=1S/C26H28N2O4S/c1-30-18-11-9-17(10-12-18)24-27-25(29)23-19-6-4-5-7-22(19)33-26(23)28(24)15-16-8-13-20(31-2)21(14-16)32-3/h8-14,24H,4-7,15H2,1-3H3,(H,27,29)/t24-/m1/s1. The van der Waals surface area contributed by atoms with Crippen molar-refractivity contribution in [3.05, 3.63) is 69.6 Å². The normalized spacial score (nSPS) is 17.1. The lowest BCUT2D eigenvalue weighted by Crippen LogP contribution is -2.45. The van der Waals surface area contributed by atoms with Crippen LogP contribution in [0.1, 0.15) is 50.9 Å². The van der Waals surface area contributed by atoms with E-state index in [4.69, 9.17) is 14.2 Å². The van der Waals surface area contributed by atoms with Crippen LogP contribution < -0.4 is 24.4 Å². The van der Waals surface area contributed by atoms with Crippen molar-refractivity contribution in [1.82, 2.24) is 5.32 Å². The number of nitrogens with one attached hydrogen (secondary N) is 1. The minimum atomic E-state index is -0.274. The molecule has 172 valence electrons. The smallest absolute Gasteiger partial charge is 0.256 e. The second-order valence-corrected chi connectivity index (χ2v) is 9.44. The zero-order valence-corrected chi connectivity index (χ0v) is 20.0. The molecule has 2 aromatic carbocycles. The molecule has 1 N–H and O–H groups in total. The Balaban J connectivity index is 1.59. The number of fused-ring (bicyclic) bond motifs is 3. The number of carbonyl (C=O) groups is 1. The first-order valence-electron chi connectivity index (χ1n) is 11.2. The second kappa shape index (κ2) is 8.98. The average molecular weight is 465 g/mol. The SMILES string of the molecule is COc1ccc([C@@H]2NC(=O)c3c(sc4c3CCCC4)N2Cc2ccc(OC)c(OC)c2)cc1. The van der Waals surface area contributed by atoms with Crippen LogP contribution in [0.15, 0.2) is 42.5 Å². The summed E-state index contributed by atoms with van der Waals surface area (Å²) in [7, 11) is 4.94. The van der Waals surface area contributed by atoms with Gasteiger partial charge in [0.25, 0.3) is 5.91 Å². The molecule has 2 aliphatic rings. The van der Waals surface area contributed by atoms with E-state index in [1.165, 1.54) is 16.9 Å². The molecule has 3 aromatic rings. The maximum absolute atomic E-state index is 13.3. The molecule has 5 rings (SSSR count). The predicted molar refractivity (Wildman–Crippen MR) is 130 cm³/mol. The van der Waals surface area contributed by atoms with Gasteiger partial charge in [-0.25, -0.2) is 0 Å². The Labute approximate surface area is 198 Å². The Morgan fingerprint density at radius 2 is 1.73 bits per heavy atom. The van der Waals surface area contributed by atoms with E-state index in [1.54, 1.807) is 32.7 Å². The lowest BCUT2D eigenvalue weighted by molar-refractivity contribution is 0.0925. The minimum absolute atomic E-state index is 0.0220. The minimum Gasteiger partial charge on any atom is -0.497 e. The van der Waals surface area contributed by atoms with E-state index in [0.29, 0.717) is 18.0 Å². The number of methoxy groups -OCH3 is 3. The number of carbonyl (C=O) groups excluding carboxylic acids is 1. The van der Waals surface area contributed by atoms with Crippen molar-refractivity contribution in [3.8, 4) is 17.2 Å². The van der Waals surface area contributed by atoms with Gasteiger partial charge in [0.15, 0.2) is 11.5 Å². The molecule has 0 saturated carbocycles. The third kappa shape index (κ3) is 3.91. The number of hydrogen-bond donors (Lipinski definition) is 1. The fraction of sp³-hybridized carbons (Fsp3) is 0.346. The fourth-order valence-electron chi connectivity index (χ4n) is 4.77. The molecule has 0 unspecified atom stereocenters. The number of amides is 1. The highest BCUT2D eigenvalue weighted by Crippen LogP contribution is 2.46. The zero-order valence-electron chi connectivity index (χ0n) is 19.1. The van der Waals surface area contributed by atoms with Gasteiger partial charge in [-0.1, -0.05) is 18.2 Å². The quantitative estimate of drug-likeness (QED) is 0.550. The van der Waals surface area contributed by atoms with Crippen LogP contribution in [-0.2, 0) is 19.4 Å². The summed E-state index contributed by atoms with van der Waals surface area (Å²) in [5, 5.41) is 4.34. The Morgan fingerprint density at radius 3 is 2.45 bits per heavy atom. The van der Waals surface area contributed by atoms with Gasteiger partial charge < -0.3 is 24.4 Å². The summed E-state index contributed by atoms with van der Waals surface area (Å²) in [6.45, 7) is 0.629. The molecule has 0 saturated heterocycles. The molecule has 6 nitrogen and oxygen atoms in total. The third-order valence-corrected chi connectivity index (χ3v) is 7.78. The molecule has 7 heteroatoms. The molecular formula is C26H28N2O4S. The van der Waals surface area contributed by atoms with Crippen molar-refractivity contribution in [1.29, 1.82) is 0 Å². The molecule has 1 aliphatic heterocycles. The van der Waals surface area contributed by atoms with E-state index in [0.717, 1.165) is 46.7 Å². The van der Waals surface area contributed by atoms with Crippen LogP contribution in [-0.4, -0.2) is 27.2 Å². The molecule has 0 spiro atoms. The lowest BCUT2D eigenvalue weighted by Gasteiger charge is -2.38. The van der Waals surface area contributed by atoms with Crippen molar-refractivity contribution in [2.45, 2.75) is 38.4 Å². The summed E-state index contributed by atoms with van der Waals surface area (Å²) in [5.41, 5.74) is 4.20. The topological polar surface area (TPSA) is 60.0 Å². The molecule has 0 bridgehead atoms. The van der Waals surface area contributed by atoms with E-state index < -0.39 is 0 Å². The van der Waals surface area contributed by atoms with E-state index in [9.17, 15) is 4.79 Å². The second-order valence-electron chi connectivity index (χ2n) is 8.36. The van der Waals surface area contributed by atoms with Gasteiger partial charge in [-0.15, -0.1) is 11.3 Å². The highest BCUT2D eigenvalue weighted by Gasteiger charge is 2.37. The van der Waals surface area contributed by atoms with Crippen LogP contribution in [0.4, 0.5) is 5.00 Å². The highest BCUT2D eigenvalue weighted by molar-refractivity contribution is 7.16. The van der Waals surface area contributed by atoms with Gasteiger partial charge in [0.1, 0.15) is 16.9 Å². The van der Waals surface area contributed by atoms with Crippen molar-refractivity contribution in [3.63, 3.8) is 0 Å². The molecule has 0 radical (unpaired) electrons. The van der Waals surface area contributed by atoms with Crippen LogP contribution in [0.5, 0.6) is 17.2 Å². The van der Waals surface area contributed by atoms with E-state index in [1.807, 2.05) is 36.4 Å². The number of aryl methyl sites for hydroxylation is 1. The zero-order chi connectivity index (χ0) is 22.9. The number of nitrogens with zero attached hydrogens (tertiary/aromatic N) is 1. The number of hydrogen-bond acceptors (Lipinski definition) is 6. The largest absolute Gasteiger partial charge is 0.497 e. The van der Waals surface area contributed by atoms with Gasteiger partial charge in [0.05, 0.1) is 26.9 Å². The number of thiophene rings is 1. The maximum atomic E-state index is 13.3. The molecule has 1 atom stereocenters. The molecule has 0 fully saturated rings. The maximum Gasteiger partial charge on any atom is 0.256 e. The summed E-state index contributed by atoms with van der Waals surface area (Å²) in [6, 6.07) is 13.9. The Hall–Kier alpha value is -3.19. The van der Waals surface area contributed by atoms with Gasteiger partial charge in [-0.05, 0) is 66.6 Å². The summed E-state index contributed by atoms with van der Waals surface area (Å²) in [4.78, 5) is 17.0. The van der Waals surface area contributed by atoms with Crippen molar-refractivity contribution < 1.29 is 19.0 Å². The number of anilines is 1. The first-order valence-corrected chi connectivity index (χ1v) is 12.0. The van der Waals surface area contributed by atoms with E-state index in [2.05, 4.69) is 16.3 Å². The predicted octanol–water partition coefficient (Wildman–Crippen LogP) is 5.10. The Bertz CT molecular complexity index is 1170. The monoisotopic (exact) mass is 464 g/mol. The van der Waals surface area contributed by atoms with Gasteiger partial charge in [-0.2, -0.15) is 0 Å². The lowest BCUT2D eigenvalue weighted by atomic mass is 9.94. The van der Waals surface area contributed by atoms with Gasteiger partial charge in [0, 0.05) is 11.4 Å². The van der Waals surface area contributed by atoms with Crippen molar-refractivity contribution in [2.24, 2.45) is 0 Å². The van der Waals surface area contributed by atoms with Crippen LogP contribution in [0.2, 0.25) is 0 Å². The fourth-order valence-corrected chi connectivity index (χ4v) is 6.18. The van der Waals surface area contributed by atoms with E-state index in [-0.39, 0.29) is 12.1 Å². The Morgan fingerprint density at radius 1 is 0.970 bits per heavy atom. The van der Waals surface area contributed by atoms with Crippen molar-refractivity contribution in [2.75, 3.05) is 26.2 Å². The van der Waals surface area contributed by atoms with Crippen LogP contribution >= 0.6 is 11.3 Å². The number of rotatable bonds is 6. The molecule has 1 aliphatic carbocycles. The molecule has 1 aromatic heterocycles. The first-order chi connectivity index (χ1) is 16.1. The van der Waals surface area contributed by atoms with Gasteiger partial charge >= 0.3 is 0 Å². The summed E-state index contributed by atoms with van der Waals surface area (Å²) in [5.74, 6) is 2.21. The van der Waals surface area contributed by atoms with Gasteiger partial charge in [-0.3, -0.25) is 4.79 Å². The number of benzene rings is 2. The average Bonchev–Trinajstić information content (AvgIpc) is 3.26. The van der Waals surface area contributed by atoms with E-state index >= 15 is 0 Å². The molecule has 33 heavy (non-hydrogen) atoms. The van der Waals surface area contributed by atoms with Crippen molar-refractivity contribution >= 4 is 22.2 Å². The third-order valence-electron chi connectivity index (χ3n) is 6.45. The van der Waals surface area contributed by atoms with Crippen LogP contribution in [0.3, 0.4) is 0 Å². The van der Waals surface area contributed by atoms with Gasteiger partial charge in [0.2, 0.25) is 0 Å². The molecule has 2 heterocycles. The van der Waals surface area contributed by atoms with Crippen LogP contribution in [0, 0.1) is 0 Å². The molecular weight excluding hydrogens is 436 g/mol. The first kappa shape index (κ1) is 21.6. The number of ether oxygens (including phenoxy) is 3.